The third-order valence-electron chi connectivity index (χ3n) is 1.73. The molecule has 0 aliphatic carbocycles. The van der Waals surface area contributed by atoms with E-state index in [4.69, 9.17) is 11.6 Å². The molecule has 0 aliphatic heterocycles. The highest BCUT2D eigenvalue weighted by atomic mass is 35.5. The van der Waals surface area contributed by atoms with Gasteiger partial charge in [-0.05, 0) is 24.8 Å². The number of halogens is 1. The van der Waals surface area contributed by atoms with Gasteiger partial charge < -0.3 is 0 Å². The topological polar surface area (TPSA) is 54.5 Å². The predicted molar refractivity (Wildman–Crippen MR) is 53.2 cm³/mol. The minimum Gasteiger partial charge on any atom is -0.260 e. The minimum absolute atomic E-state index is 0.251. The lowest BCUT2D eigenvalue weighted by Gasteiger charge is -1.96. The molecule has 2 aromatic heterocycles. The molecule has 4 nitrogen and oxygen atoms in total. The number of thioether (sulfide) groups is 1. The lowest BCUT2D eigenvalue weighted by molar-refractivity contribution is 1.02. The Bertz CT molecular complexity index is 453. The largest absolute Gasteiger partial charge is 0.260 e. The zero-order chi connectivity index (χ0) is 9.42. The molecular formula is C7H7ClN4S. The first-order valence-corrected chi connectivity index (χ1v) is 5.25. The fourth-order valence-corrected chi connectivity index (χ4v) is 1.98. The third-order valence-corrected chi connectivity index (χ3v) is 2.58. The summed E-state index contributed by atoms with van der Waals surface area (Å²) >= 11 is 7.26. The van der Waals surface area contributed by atoms with Crippen LogP contribution in [-0.2, 0) is 0 Å². The summed E-state index contributed by atoms with van der Waals surface area (Å²) in [5.41, 5.74) is 1.55. The number of aromatic nitrogens is 4. The van der Waals surface area contributed by atoms with E-state index < -0.39 is 0 Å². The lowest BCUT2D eigenvalue weighted by Crippen LogP contribution is -1.88. The van der Waals surface area contributed by atoms with Crippen LogP contribution in [0.15, 0.2) is 5.03 Å². The van der Waals surface area contributed by atoms with Crippen molar-refractivity contribution in [1.82, 2.24) is 20.2 Å². The number of hydrogen-bond acceptors (Lipinski definition) is 4. The van der Waals surface area contributed by atoms with Crippen molar-refractivity contribution in [3.05, 3.63) is 11.0 Å². The molecule has 68 valence electrons. The highest BCUT2D eigenvalue weighted by Crippen LogP contribution is 2.25. The molecule has 1 N–H and O–H groups in total. The Morgan fingerprint density at radius 1 is 1.38 bits per heavy atom. The Hall–Kier alpha value is -0.810. The fourth-order valence-electron chi connectivity index (χ4n) is 1.18. The maximum absolute atomic E-state index is 5.70. The maximum Gasteiger partial charge on any atom is 0.224 e. The molecule has 0 radical (unpaired) electrons. The van der Waals surface area contributed by atoms with Crippen LogP contribution in [-0.4, -0.2) is 26.4 Å². The van der Waals surface area contributed by atoms with E-state index in [1.165, 1.54) is 0 Å². The highest BCUT2D eigenvalue weighted by Gasteiger charge is 2.10. The molecule has 0 bridgehead atoms. The fraction of sp³-hybridized carbons (Fsp3) is 0.286. The summed E-state index contributed by atoms with van der Waals surface area (Å²) in [7, 11) is 0. The molecule has 0 atom stereocenters. The van der Waals surface area contributed by atoms with Crippen LogP contribution in [0.3, 0.4) is 0 Å². The molecular weight excluding hydrogens is 208 g/mol. The molecule has 0 saturated heterocycles. The van der Waals surface area contributed by atoms with E-state index >= 15 is 0 Å². The summed E-state index contributed by atoms with van der Waals surface area (Å²) in [6.07, 6.45) is 1.96. The van der Waals surface area contributed by atoms with Crippen molar-refractivity contribution in [3.8, 4) is 0 Å². The van der Waals surface area contributed by atoms with Gasteiger partial charge in [0.05, 0.1) is 11.1 Å². The van der Waals surface area contributed by atoms with Crippen LogP contribution in [0.2, 0.25) is 5.28 Å². The quantitative estimate of drug-likeness (QED) is 0.583. The molecule has 0 aromatic carbocycles. The molecule has 13 heavy (non-hydrogen) atoms. The van der Waals surface area contributed by atoms with E-state index in [-0.39, 0.29) is 5.28 Å². The summed E-state index contributed by atoms with van der Waals surface area (Å²) in [6.45, 7) is 1.89. The average Bonchev–Trinajstić information content (AvgIpc) is 2.47. The van der Waals surface area contributed by atoms with Gasteiger partial charge in [-0.25, -0.2) is 4.98 Å². The Labute approximate surface area is 84.1 Å². The van der Waals surface area contributed by atoms with Gasteiger partial charge >= 0.3 is 0 Å². The number of aryl methyl sites for hydroxylation is 1. The van der Waals surface area contributed by atoms with Crippen LogP contribution in [0, 0.1) is 6.92 Å². The number of rotatable bonds is 1. The Morgan fingerprint density at radius 3 is 2.85 bits per heavy atom. The Kier molecular flexibility index (Phi) is 2.13. The molecule has 2 heterocycles. The number of nitrogens with one attached hydrogen (secondary N) is 1. The van der Waals surface area contributed by atoms with Gasteiger partial charge in [-0.1, -0.05) is 0 Å². The molecule has 0 unspecified atom stereocenters. The molecule has 0 aliphatic rings. The summed E-state index contributed by atoms with van der Waals surface area (Å²) in [6, 6.07) is 0. The first-order chi connectivity index (χ1) is 6.22. The number of fused-ring (bicyclic) bond motifs is 1. The van der Waals surface area contributed by atoms with E-state index in [0.717, 1.165) is 16.1 Å². The second kappa shape index (κ2) is 3.16. The van der Waals surface area contributed by atoms with Gasteiger partial charge in [0.15, 0.2) is 5.65 Å². The average molecular weight is 215 g/mol. The number of nitrogens with zero attached hydrogens (tertiary/aromatic N) is 3. The van der Waals surface area contributed by atoms with Crippen molar-refractivity contribution in [2.45, 2.75) is 11.9 Å². The Morgan fingerprint density at radius 2 is 2.15 bits per heavy atom. The van der Waals surface area contributed by atoms with Crippen molar-refractivity contribution >= 4 is 34.4 Å². The first-order valence-electron chi connectivity index (χ1n) is 3.64. The van der Waals surface area contributed by atoms with Crippen LogP contribution >= 0.6 is 23.4 Å². The molecule has 0 spiro atoms. The van der Waals surface area contributed by atoms with E-state index in [9.17, 15) is 0 Å². The van der Waals surface area contributed by atoms with Crippen LogP contribution in [0.5, 0.6) is 0 Å². The summed E-state index contributed by atoms with van der Waals surface area (Å²) < 4.78 is 0. The van der Waals surface area contributed by atoms with E-state index in [0.29, 0.717) is 5.65 Å². The molecule has 2 rings (SSSR count). The van der Waals surface area contributed by atoms with Crippen LogP contribution in [0.4, 0.5) is 0 Å². The summed E-state index contributed by atoms with van der Waals surface area (Å²) in [4.78, 5) is 8.09. The van der Waals surface area contributed by atoms with E-state index in [2.05, 4.69) is 20.2 Å². The van der Waals surface area contributed by atoms with Crippen LogP contribution < -0.4 is 0 Å². The smallest absolute Gasteiger partial charge is 0.224 e. The number of hydrogen-bond donors (Lipinski definition) is 1. The summed E-state index contributed by atoms with van der Waals surface area (Å²) in [5, 5.41) is 9.02. The first kappa shape index (κ1) is 8.77. The van der Waals surface area contributed by atoms with Crippen molar-refractivity contribution < 1.29 is 0 Å². The number of aromatic amines is 1. The van der Waals surface area contributed by atoms with Crippen molar-refractivity contribution in [1.29, 1.82) is 0 Å². The van der Waals surface area contributed by atoms with Gasteiger partial charge in [0, 0.05) is 0 Å². The molecule has 6 heteroatoms. The minimum atomic E-state index is 0.251. The van der Waals surface area contributed by atoms with Gasteiger partial charge in [0.1, 0.15) is 5.03 Å². The van der Waals surface area contributed by atoms with Gasteiger partial charge in [0.2, 0.25) is 5.28 Å². The van der Waals surface area contributed by atoms with Crippen molar-refractivity contribution in [2.75, 3.05) is 6.26 Å². The standard InChI is InChI=1S/C7H7ClN4S/c1-3-4-5(10-7(8)9-3)11-12-6(4)13-2/h1-2H3,(H,9,10,11,12). The SMILES string of the molecule is CSc1n[nH]c2nc(Cl)nc(C)c12. The second-order valence-corrected chi connectivity index (χ2v) is 3.67. The van der Waals surface area contributed by atoms with E-state index in [1.54, 1.807) is 11.8 Å². The maximum atomic E-state index is 5.70. The molecule has 2 aromatic rings. The van der Waals surface area contributed by atoms with Gasteiger partial charge in [0.25, 0.3) is 0 Å². The van der Waals surface area contributed by atoms with Crippen molar-refractivity contribution in [2.24, 2.45) is 0 Å². The third kappa shape index (κ3) is 1.38. The van der Waals surface area contributed by atoms with E-state index in [1.807, 2.05) is 13.2 Å². The number of H-pyrrole nitrogens is 1. The molecule has 0 saturated carbocycles. The van der Waals surface area contributed by atoms with Crippen LogP contribution in [0.1, 0.15) is 5.69 Å². The Balaban J connectivity index is 2.82. The molecule has 0 amide bonds. The normalized spacial score (nSPS) is 11.0. The zero-order valence-corrected chi connectivity index (χ0v) is 8.70. The van der Waals surface area contributed by atoms with Gasteiger partial charge in [-0.2, -0.15) is 10.1 Å². The lowest BCUT2D eigenvalue weighted by atomic mass is 10.3. The zero-order valence-electron chi connectivity index (χ0n) is 7.13. The monoisotopic (exact) mass is 214 g/mol. The van der Waals surface area contributed by atoms with Gasteiger partial charge in [-0.3, -0.25) is 5.10 Å². The highest BCUT2D eigenvalue weighted by molar-refractivity contribution is 7.98. The second-order valence-electron chi connectivity index (χ2n) is 2.53. The summed E-state index contributed by atoms with van der Waals surface area (Å²) in [5.74, 6) is 0. The van der Waals surface area contributed by atoms with Gasteiger partial charge in [-0.15, -0.1) is 11.8 Å². The van der Waals surface area contributed by atoms with Crippen LogP contribution in [0.25, 0.3) is 11.0 Å². The van der Waals surface area contributed by atoms with Crippen molar-refractivity contribution in [3.63, 3.8) is 0 Å². The predicted octanol–water partition coefficient (Wildman–Crippen LogP) is 2.04. The molecule has 0 fully saturated rings.